The predicted molar refractivity (Wildman–Crippen MR) is 146 cm³/mol. The van der Waals surface area contributed by atoms with E-state index in [-0.39, 0.29) is 37.1 Å². The lowest BCUT2D eigenvalue weighted by Crippen LogP contribution is -2.43. The quantitative estimate of drug-likeness (QED) is 0.233. The first-order chi connectivity index (χ1) is 18.9. The van der Waals surface area contributed by atoms with E-state index in [1.165, 1.54) is 4.90 Å². The van der Waals surface area contributed by atoms with Crippen LogP contribution in [0.5, 0.6) is 0 Å². The van der Waals surface area contributed by atoms with Gasteiger partial charge in [0.05, 0.1) is 23.6 Å². The highest BCUT2D eigenvalue weighted by atomic mass is 32.2. The third-order valence-corrected chi connectivity index (χ3v) is 8.26. The van der Waals surface area contributed by atoms with Crippen LogP contribution in [-0.4, -0.2) is 90.9 Å². The number of carboxylic acid groups (broad SMARTS) is 2. The number of anilines is 1. The molecule has 1 aromatic heterocycles. The molecule has 3 unspecified atom stereocenters. The second kappa shape index (κ2) is 13.5. The zero-order valence-corrected chi connectivity index (χ0v) is 23.4. The Labute approximate surface area is 233 Å². The summed E-state index contributed by atoms with van der Waals surface area (Å²) in [6.45, 7) is 5.07. The van der Waals surface area contributed by atoms with E-state index in [9.17, 15) is 33.0 Å². The summed E-state index contributed by atoms with van der Waals surface area (Å²) in [5, 5.41) is 24.7. The van der Waals surface area contributed by atoms with Crippen molar-refractivity contribution in [1.82, 2.24) is 19.9 Å². The second-order valence-electron chi connectivity index (χ2n) is 9.73. The molecule has 2 aromatic rings. The van der Waals surface area contributed by atoms with Crippen molar-refractivity contribution in [3.63, 3.8) is 0 Å². The molecule has 3 rings (SSSR count). The number of ether oxygens (including phenoxy) is 1. The van der Waals surface area contributed by atoms with Crippen molar-refractivity contribution in [2.75, 3.05) is 31.6 Å². The number of rotatable bonds is 13. The molecule has 3 atom stereocenters. The van der Waals surface area contributed by atoms with Gasteiger partial charge in [-0.2, -0.15) is 4.72 Å². The normalized spacial score (nSPS) is 17.8. The number of benzene rings is 1. The van der Waals surface area contributed by atoms with Gasteiger partial charge in [-0.3, -0.25) is 9.59 Å². The van der Waals surface area contributed by atoms with Gasteiger partial charge in [-0.25, -0.2) is 18.2 Å². The van der Waals surface area contributed by atoms with E-state index in [1.807, 2.05) is 13.0 Å². The third-order valence-electron chi connectivity index (χ3n) is 6.48. The Morgan fingerprint density at radius 3 is 2.45 bits per heavy atom. The van der Waals surface area contributed by atoms with Crippen LogP contribution in [0.1, 0.15) is 29.5 Å². The average Bonchev–Trinajstić information content (AvgIpc) is 3.29. The molecule has 0 radical (unpaired) electrons. The molecule has 2 heterocycles. The SMILES string of the molecule is Cc1cc(C)c(S(=O)(=O)NC(CCNC(=O)COC2CC(CNc3ccccn3)N(C(=O)O)C2)C(=O)O)c(C)c1. The molecule has 1 fully saturated rings. The van der Waals surface area contributed by atoms with Gasteiger partial charge in [-0.15, -0.1) is 0 Å². The van der Waals surface area contributed by atoms with Crippen LogP contribution in [0.3, 0.4) is 0 Å². The van der Waals surface area contributed by atoms with Crippen molar-refractivity contribution < 1.29 is 37.8 Å². The Morgan fingerprint density at radius 2 is 1.85 bits per heavy atom. The molecule has 13 nitrogen and oxygen atoms in total. The summed E-state index contributed by atoms with van der Waals surface area (Å²) < 4.78 is 33.7. The van der Waals surface area contributed by atoms with Gasteiger partial charge in [0.15, 0.2) is 0 Å². The van der Waals surface area contributed by atoms with Gasteiger partial charge in [0.1, 0.15) is 18.5 Å². The molecule has 5 N–H and O–H groups in total. The number of hydrogen-bond donors (Lipinski definition) is 5. The fourth-order valence-electron chi connectivity index (χ4n) is 4.78. The lowest BCUT2D eigenvalue weighted by atomic mass is 10.1. The average molecular weight is 578 g/mol. The van der Waals surface area contributed by atoms with Crippen LogP contribution in [0.4, 0.5) is 10.6 Å². The van der Waals surface area contributed by atoms with E-state index in [0.29, 0.717) is 29.9 Å². The van der Waals surface area contributed by atoms with Crippen LogP contribution in [0.15, 0.2) is 41.4 Å². The maximum Gasteiger partial charge on any atom is 0.407 e. The smallest absolute Gasteiger partial charge is 0.407 e. The van der Waals surface area contributed by atoms with Crippen LogP contribution in [0, 0.1) is 20.8 Å². The molecule has 0 saturated carbocycles. The highest BCUT2D eigenvalue weighted by molar-refractivity contribution is 7.89. The third kappa shape index (κ3) is 8.37. The highest BCUT2D eigenvalue weighted by Crippen LogP contribution is 2.23. The molecule has 40 heavy (non-hydrogen) atoms. The summed E-state index contributed by atoms with van der Waals surface area (Å²) in [5.41, 5.74) is 1.89. The van der Waals surface area contributed by atoms with E-state index >= 15 is 0 Å². The minimum absolute atomic E-state index is 0.0299. The zero-order valence-electron chi connectivity index (χ0n) is 22.6. The van der Waals surface area contributed by atoms with Crippen molar-refractivity contribution in [3.05, 3.63) is 53.2 Å². The van der Waals surface area contributed by atoms with Crippen molar-refractivity contribution in [2.45, 2.75) is 56.7 Å². The first kappa shape index (κ1) is 30.8. The Bertz CT molecular complexity index is 1300. The second-order valence-corrected chi connectivity index (χ2v) is 11.4. The van der Waals surface area contributed by atoms with Gasteiger partial charge in [-0.05, 0) is 56.9 Å². The first-order valence-electron chi connectivity index (χ1n) is 12.7. The number of carbonyl (C=O) groups is 3. The minimum atomic E-state index is -4.12. The molecule has 2 amide bonds. The van der Waals surface area contributed by atoms with E-state index in [4.69, 9.17) is 4.74 Å². The number of carboxylic acids is 1. The summed E-state index contributed by atoms with van der Waals surface area (Å²) in [4.78, 5) is 41.1. The molecule has 0 aliphatic carbocycles. The number of nitrogens with zero attached hydrogens (tertiary/aromatic N) is 2. The predicted octanol–water partition coefficient (Wildman–Crippen LogP) is 1.49. The minimum Gasteiger partial charge on any atom is -0.480 e. The summed E-state index contributed by atoms with van der Waals surface area (Å²) in [7, 11) is -4.12. The van der Waals surface area contributed by atoms with Crippen LogP contribution in [0.2, 0.25) is 0 Å². The number of aromatic nitrogens is 1. The van der Waals surface area contributed by atoms with E-state index in [0.717, 1.165) is 5.56 Å². The Balaban J connectivity index is 1.47. The van der Waals surface area contributed by atoms with Gasteiger partial charge in [0, 0.05) is 19.3 Å². The van der Waals surface area contributed by atoms with Gasteiger partial charge in [0.25, 0.3) is 0 Å². The molecule has 0 bridgehead atoms. The van der Waals surface area contributed by atoms with Crippen LogP contribution in [-0.2, 0) is 24.3 Å². The van der Waals surface area contributed by atoms with Crippen LogP contribution >= 0.6 is 0 Å². The van der Waals surface area contributed by atoms with Crippen molar-refractivity contribution >= 4 is 33.8 Å². The van der Waals surface area contributed by atoms with E-state index in [1.54, 1.807) is 44.3 Å². The lowest BCUT2D eigenvalue weighted by Gasteiger charge is -2.21. The summed E-state index contributed by atoms with van der Waals surface area (Å²) in [6.07, 6.45) is 0.205. The number of likely N-dealkylation sites (tertiary alicyclic amines) is 1. The zero-order chi connectivity index (χ0) is 29.4. The fourth-order valence-corrected chi connectivity index (χ4v) is 6.46. The standard InChI is InChI=1S/C26H35N5O8S/c1-16-10-17(2)24(18(3)11-16)40(37,38)30-21(25(33)34)7-9-28-23(32)15-39-20-12-19(31(14-20)26(35)36)13-29-22-6-4-5-8-27-22/h4-6,8,10-11,19-21,30H,7,9,12-15H2,1-3H3,(H,27,29)(H,28,32)(H,33,34)(H,35,36). The number of aliphatic carboxylic acids is 1. The molecule has 1 aliphatic heterocycles. The lowest BCUT2D eigenvalue weighted by molar-refractivity contribution is -0.139. The summed E-state index contributed by atoms with van der Waals surface area (Å²) >= 11 is 0. The van der Waals surface area contributed by atoms with Crippen molar-refractivity contribution in [2.24, 2.45) is 0 Å². The Hall–Kier alpha value is -3.75. The van der Waals surface area contributed by atoms with Gasteiger partial charge in [0.2, 0.25) is 15.9 Å². The molecule has 1 aromatic carbocycles. The summed E-state index contributed by atoms with van der Waals surface area (Å²) in [6, 6.07) is 6.92. The number of amides is 2. The number of carbonyl (C=O) groups excluding carboxylic acids is 1. The Kier molecular flexibility index (Phi) is 10.4. The Morgan fingerprint density at radius 1 is 1.15 bits per heavy atom. The number of sulfonamides is 1. The number of hydrogen-bond acceptors (Lipinski definition) is 8. The molecule has 218 valence electrons. The molecule has 1 aliphatic rings. The van der Waals surface area contributed by atoms with E-state index in [2.05, 4.69) is 20.3 Å². The number of aryl methyl sites for hydroxylation is 3. The molecule has 14 heteroatoms. The molecular weight excluding hydrogens is 542 g/mol. The molecular formula is C26H35N5O8S. The van der Waals surface area contributed by atoms with Crippen molar-refractivity contribution in [1.29, 1.82) is 0 Å². The first-order valence-corrected chi connectivity index (χ1v) is 14.2. The maximum absolute atomic E-state index is 12.9. The van der Waals surface area contributed by atoms with Gasteiger partial charge in [-0.1, -0.05) is 23.8 Å². The molecule has 1 saturated heterocycles. The molecule has 0 spiro atoms. The van der Waals surface area contributed by atoms with E-state index < -0.39 is 40.1 Å². The monoisotopic (exact) mass is 577 g/mol. The fraction of sp³-hybridized carbons (Fsp3) is 0.462. The maximum atomic E-state index is 12.9. The highest BCUT2D eigenvalue weighted by Gasteiger charge is 2.36. The van der Waals surface area contributed by atoms with Crippen LogP contribution in [0.25, 0.3) is 0 Å². The topological polar surface area (TPSA) is 187 Å². The largest absolute Gasteiger partial charge is 0.480 e. The van der Waals surface area contributed by atoms with Gasteiger partial charge < -0.3 is 30.5 Å². The summed E-state index contributed by atoms with van der Waals surface area (Å²) in [5.74, 6) is -1.29. The van der Waals surface area contributed by atoms with Gasteiger partial charge >= 0.3 is 12.1 Å². The van der Waals surface area contributed by atoms with Crippen LogP contribution < -0.4 is 15.4 Å². The van der Waals surface area contributed by atoms with Crippen molar-refractivity contribution in [3.8, 4) is 0 Å². The number of pyridine rings is 1. The number of nitrogens with one attached hydrogen (secondary N) is 3.